The van der Waals surface area contributed by atoms with Gasteiger partial charge in [0.05, 0.1) is 11.1 Å². The van der Waals surface area contributed by atoms with Crippen molar-refractivity contribution in [3.8, 4) is 0 Å². The number of benzene rings is 1. The van der Waals surface area contributed by atoms with E-state index in [0.717, 1.165) is 10.6 Å². The molecular weight excluding hydrogens is 364 g/mol. The number of hydrogen-bond acceptors (Lipinski definition) is 3. The van der Waals surface area contributed by atoms with Crippen molar-refractivity contribution in [3.05, 3.63) is 75.7 Å². The molecule has 0 radical (unpaired) electrons. The molecule has 0 saturated heterocycles. The monoisotopic (exact) mass is 378 g/mol. The molecule has 3 aromatic rings. The second kappa shape index (κ2) is 6.04. The number of halogens is 1. The SMILES string of the molecule is O=S(=O)(c1ccccc1Cl)N1CCn2cccc2C1c1cccs1. The van der Waals surface area contributed by atoms with E-state index in [9.17, 15) is 8.42 Å². The van der Waals surface area contributed by atoms with Gasteiger partial charge in [0.1, 0.15) is 4.90 Å². The van der Waals surface area contributed by atoms with Crippen LogP contribution in [0.5, 0.6) is 0 Å². The maximum absolute atomic E-state index is 13.3. The highest BCUT2D eigenvalue weighted by atomic mass is 35.5. The second-order valence-electron chi connectivity index (χ2n) is 5.59. The van der Waals surface area contributed by atoms with Crippen LogP contribution in [-0.2, 0) is 16.6 Å². The normalized spacial score (nSPS) is 18.5. The minimum Gasteiger partial charge on any atom is -0.348 e. The Kier molecular flexibility index (Phi) is 4.00. The van der Waals surface area contributed by atoms with Gasteiger partial charge in [-0.15, -0.1) is 11.3 Å². The molecule has 0 saturated carbocycles. The molecule has 2 aromatic heterocycles. The van der Waals surface area contributed by atoms with E-state index in [1.807, 2.05) is 35.8 Å². The van der Waals surface area contributed by atoms with E-state index >= 15 is 0 Å². The van der Waals surface area contributed by atoms with Crippen LogP contribution in [0, 0.1) is 0 Å². The van der Waals surface area contributed by atoms with E-state index in [1.165, 1.54) is 0 Å². The van der Waals surface area contributed by atoms with Crippen LogP contribution in [-0.4, -0.2) is 23.8 Å². The molecule has 1 aliphatic rings. The molecule has 0 bridgehead atoms. The van der Waals surface area contributed by atoms with Crippen molar-refractivity contribution in [2.24, 2.45) is 0 Å². The van der Waals surface area contributed by atoms with Gasteiger partial charge in [0, 0.05) is 29.9 Å². The Morgan fingerprint density at radius 1 is 1.04 bits per heavy atom. The third kappa shape index (κ3) is 2.50. The number of hydrogen-bond donors (Lipinski definition) is 0. The average molecular weight is 379 g/mol. The van der Waals surface area contributed by atoms with E-state index < -0.39 is 10.0 Å². The number of fused-ring (bicyclic) bond motifs is 1. The summed E-state index contributed by atoms with van der Waals surface area (Å²) in [6.45, 7) is 1.05. The highest BCUT2D eigenvalue weighted by Crippen LogP contribution is 2.39. The molecular formula is C17H15ClN2O2S2. The van der Waals surface area contributed by atoms with E-state index in [-0.39, 0.29) is 16.0 Å². The molecule has 0 fully saturated rings. The summed E-state index contributed by atoms with van der Waals surface area (Å²) in [5, 5.41) is 2.22. The van der Waals surface area contributed by atoms with Crippen molar-refractivity contribution in [3.63, 3.8) is 0 Å². The molecule has 1 aromatic carbocycles. The van der Waals surface area contributed by atoms with Gasteiger partial charge in [-0.1, -0.05) is 29.8 Å². The average Bonchev–Trinajstić information content (AvgIpc) is 3.25. The maximum atomic E-state index is 13.3. The van der Waals surface area contributed by atoms with Crippen LogP contribution in [0.15, 0.2) is 65.0 Å². The van der Waals surface area contributed by atoms with Gasteiger partial charge >= 0.3 is 0 Å². The molecule has 7 heteroatoms. The first-order chi connectivity index (χ1) is 11.6. The fraction of sp³-hybridized carbons (Fsp3) is 0.176. The third-order valence-corrected chi connectivity index (χ3v) is 7.52. The highest BCUT2D eigenvalue weighted by Gasteiger charge is 2.38. The van der Waals surface area contributed by atoms with Gasteiger partial charge < -0.3 is 4.57 Å². The lowest BCUT2D eigenvalue weighted by molar-refractivity contribution is 0.301. The quantitative estimate of drug-likeness (QED) is 0.691. The molecule has 0 aliphatic carbocycles. The summed E-state index contributed by atoms with van der Waals surface area (Å²) in [7, 11) is -3.69. The fourth-order valence-corrected chi connectivity index (χ4v) is 6.12. The Morgan fingerprint density at radius 3 is 2.62 bits per heavy atom. The summed E-state index contributed by atoms with van der Waals surface area (Å²) in [4.78, 5) is 1.17. The molecule has 1 atom stereocenters. The van der Waals surface area contributed by atoms with Crippen LogP contribution in [0.2, 0.25) is 5.02 Å². The summed E-state index contributed by atoms with van der Waals surface area (Å²) in [5.74, 6) is 0. The first-order valence-electron chi connectivity index (χ1n) is 7.54. The predicted octanol–water partition coefficient (Wildman–Crippen LogP) is 4.00. The zero-order valence-electron chi connectivity index (χ0n) is 12.7. The first kappa shape index (κ1) is 15.9. The number of nitrogens with zero attached hydrogens (tertiary/aromatic N) is 2. The Labute approximate surface area is 150 Å². The second-order valence-corrected chi connectivity index (χ2v) is 8.84. The maximum Gasteiger partial charge on any atom is 0.245 e. The van der Waals surface area contributed by atoms with Gasteiger partial charge in [-0.3, -0.25) is 0 Å². The van der Waals surface area contributed by atoms with Crippen molar-refractivity contribution in [2.45, 2.75) is 17.5 Å². The highest BCUT2D eigenvalue weighted by molar-refractivity contribution is 7.89. The Bertz CT molecular complexity index is 964. The van der Waals surface area contributed by atoms with Gasteiger partial charge in [-0.05, 0) is 35.7 Å². The molecule has 124 valence electrons. The molecule has 0 spiro atoms. The summed E-state index contributed by atoms with van der Waals surface area (Å²) in [6.07, 6.45) is 2.00. The Hall–Kier alpha value is -1.60. The molecule has 1 unspecified atom stereocenters. The summed E-state index contributed by atoms with van der Waals surface area (Å²) >= 11 is 7.73. The molecule has 4 rings (SSSR count). The van der Waals surface area contributed by atoms with Crippen molar-refractivity contribution < 1.29 is 8.42 Å². The van der Waals surface area contributed by atoms with Gasteiger partial charge in [0.15, 0.2) is 0 Å². The van der Waals surface area contributed by atoms with Crippen LogP contribution in [0.4, 0.5) is 0 Å². The largest absolute Gasteiger partial charge is 0.348 e. The molecule has 24 heavy (non-hydrogen) atoms. The predicted molar refractivity (Wildman–Crippen MR) is 95.9 cm³/mol. The van der Waals surface area contributed by atoms with Crippen molar-refractivity contribution in [1.29, 1.82) is 0 Å². The summed E-state index contributed by atoms with van der Waals surface area (Å²) < 4.78 is 30.2. The van der Waals surface area contributed by atoms with E-state index in [4.69, 9.17) is 11.6 Å². The van der Waals surface area contributed by atoms with Gasteiger partial charge in [0.25, 0.3) is 0 Å². The lowest BCUT2D eigenvalue weighted by Gasteiger charge is -2.35. The van der Waals surface area contributed by atoms with Crippen LogP contribution in [0.1, 0.15) is 16.6 Å². The molecule has 1 aliphatic heterocycles. The van der Waals surface area contributed by atoms with E-state index in [1.54, 1.807) is 39.9 Å². The fourth-order valence-electron chi connectivity index (χ4n) is 3.14. The van der Waals surface area contributed by atoms with E-state index in [0.29, 0.717) is 13.1 Å². The number of aromatic nitrogens is 1. The minimum atomic E-state index is -3.69. The zero-order valence-corrected chi connectivity index (χ0v) is 15.1. The van der Waals surface area contributed by atoms with E-state index in [2.05, 4.69) is 4.57 Å². The third-order valence-electron chi connectivity index (χ3n) is 4.23. The summed E-state index contributed by atoms with van der Waals surface area (Å²) in [5.41, 5.74) is 0.985. The smallest absolute Gasteiger partial charge is 0.245 e. The van der Waals surface area contributed by atoms with Crippen LogP contribution >= 0.6 is 22.9 Å². The van der Waals surface area contributed by atoms with Gasteiger partial charge in [-0.2, -0.15) is 4.31 Å². The molecule has 0 N–H and O–H groups in total. The molecule has 4 nitrogen and oxygen atoms in total. The zero-order chi connectivity index (χ0) is 16.7. The molecule has 3 heterocycles. The minimum absolute atomic E-state index is 0.160. The van der Waals surface area contributed by atoms with Crippen molar-refractivity contribution in [1.82, 2.24) is 8.87 Å². The standard InChI is InChI=1S/C17H15ClN2O2S2/c18-13-5-1-2-8-16(13)24(21,22)20-11-10-19-9-3-6-14(19)17(20)15-7-4-12-23-15/h1-9,12,17H,10-11H2. The topological polar surface area (TPSA) is 42.3 Å². The van der Waals surface area contributed by atoms with Crippen molar-refractivity contribution in [2.75, 3.05) is 6.54 Å². The first-order valence-corrected chi connectivity index (χ1v) is 10.2. The lowest BCUT2D eigenvalue weighted by Crippen LogP contribution is -2.42. The number of thiophene rings is 1. The molecule has 0 amide bonds. The lowest BCUT2D eigenvalue weighted by atomic mass is 10.1. The number of rotatable bonds is 3. The van der Waals surface area contributed by atoms with Crippen LogP contribution < -0.4 is 0 Å². The van der Waals surface area contributed by atoms with Gasteiger partial charge in [0.2, 0.25) is 10.0 Å². The van der Waals surface area contributed by atoms with Crippen LogP contribution in [0.3, 0.4) is 0 Å². The Morgan fingerprint density at radius 2 is 1.88 bits per heavy atom. The van der Waals surface area contributed by atoms with Crippen molar-refractivity contribution >= 4 is 33.0 Å². The number of sulfonamides is 1. The van der Waals surface area contributed by atoms with Gasteiger partial charge in [-0.25, -0.2) is 8.42 Å². The summed E-state index contributed by atoms with van der Waals surface area (Å²) in [6, 6.07) is 14.2. The Balaban J connectivity index is 1.87. The van der Waals surface area contributed by atoms with Crippen LogP contribution in [0.25, 0.3) is 0 Å².